The zero-order valence-electron chi connectivity index (χ0n) is 18.8. The Balaban J connectivity index is 1.36. The number of hydrogen-bond acceptors (Lipinski definition) is 4. The number of carboxylic acids is 1. The van der Waals surface area contributed by atoms with Gasteiger partial charge in [-0.3, -0.25) is 0 Å². The van der Waals surface area contributed by atoms with Crippen LogP contribution in [0.1, 0.15) is 15.9 Å². The van der Waals surface area contributed by atoms with E-state index >= 15 is 0 Å². The van der Waals surface area contributed by atoms with Gasteiger partial charge in [-0.25, -0.2) is 9.48 Å². The first kappa shape index (κ1) is 22.0. The second-order valence-corrected chi connectivity index (χ2v) is 7.96. The fourth-order valence-electron chi connectivity index (χ4n) is 3.73. The fourth-order valence-corrected chi connectivity index (χ4v) is 3.73. The number of anilines is 1. The second kappa shape index (κ2) is 9.97. The Labute approximate surface area is 203 Å². The van der Waals surface area contributed by atoms with E-state index in [0.29, 0.717) is 6.54 Å². The molecule has 6 nitrogen and oxygen atoms in total. The number of nitrogens with zero attached hydrogens (tertiary/aromatic N) is 2. The number of carboxylic acid groups (broad SMARTS) is 1. The highest BCUT2D eigenvalue weighted by Gasteiger charge is 2.13. The van der Waals surface area contributed by atoms with Gasteiger partial charge in [0.1, 0.15) is 11.5 Å². The van der Waals surface area contributed by atoms with E-state index in [1.807, 2.05) is 91.1 Å². The number of carbonyl (C=O) groups is 1. The lowest BCUT2D eigenvalue weighted by atomic mass is 10.1. The van der Waals surface area contributed by atoms with Crippen molar-refractivity contribution in [2.24, 2.45) is 0 Å². The first-order valence-corrected chi connectivity index (χ1v) is 11.2. The predicted molar refractivity (Wildman–Crippen MR) is 136 cm³/mol. The van der Waals surface area contributed by atoms with Gasteiger partial charge in [0.25, 0.3) is 0 Å². The zero-order valence-corrected chi connectivity index (χ0v) is 18.8. The maximum absolute atomic E-state index is 11.2. The topological polar surface area (TPSA) is 76.4 Å². The number of aromatic carboxylic acids is 1. The van der Waals surface area contributed by atoms with Crippen LogP contribution in [0.5, 0.6) is 11.5 Å². The molecule has 5 aromatic rings. The average Bonchev–Trinajstić information content (AvgIpc) is 3.34. The van der Waals surface area contributed by atoms with E-state index in [2.05, 4.69) is 5.32 Å². The summed E-state index contributed by atoms with van der Waals surface area (Å²) in [5.41, 5.74) is 4.89. The van der Waals surface area contributed by atoms with Crippen molar-refractivity contribution in [2.45, 2.75) is 6.54 Å². The van der Waals surface area contributed by atoms with E-state index in [-0.39, 0.29) is 5.56 Å². The number of para-hydroxylation sites is 1. The quantitative estimate of drug-likeness (QED) is 0.271. The molecule has 172 valence electrons. The smallest absolute Gasteiger partial charge is 0.335 e. The number of nitrogens with one attached hydrogen (secondary N) is 1. The number of rotatable bonds is 8. The molecule has 0 bridgehead atoms. The summed E-state index contributed by atoms with van der Waals surface area (Å²) in [5, 5.41) is 17.4. The van der Waals surface area contributed by atoms with Crippen molar-refractivity contribution in [3.05, 3.63) is 127 Å². The summed E-state index contributed by atoms with van der Waals surface area (Å²) < 4.78 is 7.65. The molecule has 1 aromatic heterocycles. The molecule has 2 N–H and O–H groups in total. The SMILES string of the molecule is O=C(O)c1ccc(-n2cc(CNc3ccc(Oc4ccccc4)cc3)c(-c3ccccc3)n2)cc1. The van der Waals surface area contributed by atoms with Crippen LogP contribution in [0.15, 0.2) is 115 Å². The minimum Gasteiger partial charge on any atom is -0.478 e. The first-order chi connectivity index (χ1) is 17.2. The van der Waals surface area contributed by atoms with Crippen LogP contribution in [0.3, 0.4) is 0 Å². The summed E-state index contributed by atoms with van der Waals surface area (Å²) >= 11 is 0. The third-order valence-corrected chi connectivity index (χ3v) is 5.53. The summed E-state index contributed by atoms with van der Waals surface area (Å²) in [5.74, 6) is 0.612. The van der Waals surface area contributed by atoms with Crippen molar-refractivity contribution in [1.82, 2.24) is 9.78 Å². The van der Waals surface area contributed by atoms with Crippen molar-refractivity contribution in [3.63, 3.8) is 0 Å². The minimum absolute atomic E-state index is 0.241. The summed E-state index contributed by atoms with van der Waals surface area (Å²) in [7, 11) is 0. The molecule has 0 amide bonds. The molecular weight excluding hydrogens is 438 g/mol. The monoisotopic (exact) mass is 461 g/mol. The largest absolute Gasteiger partial charge is 0.478 e. The predicted octanol–water partition coefficient (Wildman–Crippen LogP) is 6.64. The molecule has 6 heteroatoms. The highest BCUT2D eigenvalue weighted by molar-refractivity contribution is 5.87. The number of benzene rings is 4. The molecule has 5 rings (SSSR count). The lowest BCUT2D eigenvalue weighted by Crippen LogP contribution is -2.00. The van der Waals surface area contributed by atoms with E-state index in [0.717, 1.165) is 39.7 Å². The molecule has 0 radical (unpaired) electrons. The van der Waals surface area contributed by atoms with Crippen LogP contribution in [-0.4, -0.2) is 20.9 Å². The molecule has 0 saturated carbocycles. The molecule has 0 unspecified atom stereocenters. The van der Waals surface area contributed by atoms with Crippen LogP contribution >= 0.6 is 0 Å². The van der Waals surface area contributed by atoms with Gasteiger partial charge in [0.2, 0.25) is 0 Å². The van der Waals surface area contributed by atoms with Crippen molar-refractivity contribution in [3.8, 4) is 28.4 Å². The van der Waals surface area contributed by atoms with Gasteiger partial charge in [0.15, 0.2) is 0 Å². The number of hydrogen-bond donors (Lipinski definition) is 2. The molecule has 1 heterocycles. The summed E-state index contributed by atoms with van der Waals surface area (Å²) in [6.07, 6.45) is 1.97. The fraction of sp³-hybridized carbons (Fsp3) is 0.0345. The van der Waals surface area contributed by atoms with Crippen LogP contribution in [-0.2, 0) is 6.54 Å². The maximum Gasteiger partial charge on any atom is 0.335 e. The Bertz CT molecular complexity index is 1410. The lowest BCUT2D eigenvalue weighted by molar-refractivity contribution is 0.0697. The molecule has 0 spiro atoms. The average molecular weight is 462 g/mol. The molecular formula is C29H23N3O3. The van der Waals surface area contributed by atoms with Crippen molar-refractivity contribution < 1.29 is 14.6 Å². The summed E-state index contributed by atoms with van der Waals surface area (Å²) in [6, 6.07) is 34.2. The van der Waals surface area contributed by atoms with E-state index < -0.39 is 5.97 Å². The van der Waals surface area contributed by atoms with Gasteiger partial charge < -0.3 is 15.2 Å². The number of ether oxygens (including phenoxy) is 1. The van der Waals surface area contributed by atoms with Gasteiger partial charge in [-0.05, 0) is 60.7 Å². The van der Waals surface area contributed by atoms with E-state index in [1.54, 1.807) is 28.9 Å². The summed E-state index contributed by atoms with van der Waals surface area (Å²) in [4.78, 5) is 11.2. The Hall–Kier alpha value is -4.84. The Morgan fingerprint density at radius 3 is 2.09 bits per heavy atom. The molecule has 0 aliphatic rings. The van der Waals surface area contributed by atoms with E-state index in [9.17, 15) is 9.90 Å². The van der Waals surface area contributed by atoms with Gasteiger partial charge >= 0.3 is 5.97 Å². The van der Waals surface area contributed by atoms with Gasteiger partial charge in [-0.15, -0.1) is 0 Å². The van der Waals surface area contributed by atoms with Crippen molar-refractivity contribution in [1.29, 1.82) is 0 Å². The molecule has 35 heavy (non-hydrogen) atoms. The van der Waals surface area contributed by atoms with Gasteiger partial charge in [-0.1, -0.05) is 48.5 Å². The molecule has 0 aliphatic heterocycles. The summed E-state index contributed by atoms with van der Waals surface area (Å²) in [6.45, 7) is 0.566. The van der Waals surface area contributed by atoms with Crippen LogP contribution in [0.25, 0.3) is 16.9 Å². The Kier molecular flexibility index (Phi) is 6.26. The highest BCUT2D eigenvalue weighted by Crippen LogP contribution is 2.26. The van der Waals surface area contributed by atoms with Crippen LogP contribution in [0.2, 0.25) is 0 Å². The normalized spacial score (nSPS) is 10.6. The molecule has 0 aliphatic carbocycles. The molecule has 0 saturated heterocycles. The van der Waals surface area contributed by atoms with Gasteiger partial charge in [-0.2, -0.15) is 5.10 Å². The Morgan fingerprint density at radius 1 is 0.800 bits per heavy atom. The lowest BCUT2D eigenvalue weighted by Gasteiger charge is -2.09. The van der Waals surface area contributed by atoms with E-state index in [1.165, 1.54) is 0 Å². The Morgan fingerprint density at radius 2 is 1.43 bits per heavy atom. The van der Waals surface area contributed by atoms with E-state index in [4.69, 9.17) is 9.84 Å². The van der Waals surface area contributed by atoms with Crippen molar-refractivity contribution >= 4 is 11.7 Å². The van der Waals surface area contributed by atoms with Crippen LogP contribution in [0, 0.1) is 0 Å². The highest BCUT2D eigenvalue weighted by atomic mass is 16.5. The van der Waals surface area contributed by atoms with Crippen LogP contribution < -0.4 is 10.1 Å². The molecule has 4 aromatic carbocycles. The minimum atomic E-state index is -0.952. The second-order valence-electron chi connectivity index (χ2n) is 7.96. The third-order valence-electron chi connectivity index (χ3n) is 5.53. The molecule has 0 atom stereocenters. The molecule has 0 fully saturated rings. The van der Waals surface area contributed by atoms with Crippen molar-refractivity contribution in [2.75, 3.05) is 5.32 Å². The first-order valence-electron chi connectivity index (χ1n) is 11.2. The maximum atomic E-state index is 11.2. The standard InChI is InChI=1S/C29H23N3O3/c33-29(34)22-11-15-25(16-12-22)32-20-23(28(31-32)21-7-3-1-4-8-21)19-30-24-13-17-27(18-14-24)35-26-9-5-2-6-10-26/h1-18,20,30H,19H2,(H,33,34). The third kappa shape index (κ3) is 5.23. The zero-order chi connectivity index (χ0) is 24.0. The number of aromatic nitrogens is 2. The van der Waals surface area contributed by atoms with Crippen LogP contribution in [0.4, 0.5) is 5.69 Å². The van der Waals surface area contributed by atoms with Gasteiger partial charge in [0.05, 0.1) is 16.9 Å². The van der Waals surface area contributed by atoms with Gasteiger partial charge in [0, 0.05) is 29.6 Å².